The van der Waals surface area contributed by atoms with Crippen molar-refractivity contribution in [3.63, 3.8) is 0 Å². The highest BCUT2D eigenvalue weighted by molar-refractivity contribution is 5.85. The number of carbonyl (C=O) groups is 1. The van der Waals surface area contributed by atoms with Gasteiger partial charge in [-0.25, -0.2) is 4.98 Å². The Morgan fingerprint density at radius 1 is 1.29 bits per heavy atom. The fourth-order valence-corrected chi connectivity index (χ4v) is 4.36. The van der Waals surface area contributed by atoms with Crippen LogP contribution in [0.1, 0.15) is 25.1 Å². The summed E-state index contributed by atoms with van der Waals surface area (Å²) in [6.45, 7) is 0.463. The van der Waals surface area contributed by atoms with Crippen LogP contribution < -0.4 is 11.1 Å². The van der Waals surface area contributed by atoms with Crippen molar-refractivity contribution in [2.45, 2.75) is 31.8 Å². The molecule has 3 N–H and O–H groups in total. The lowest BCUT2D eigenvalue weighted by atomic mass is 9.84. The van der Waals surface area contributed by atoms with Crippen LogP contribution in [0, 0.1) is 17.8 Å². The number of para-hydroxylation sites is 2. The van der Waals surface area contributed by atoms with Gasteiger partial charge in [-0.3, -0.25) is 4.79 Å². The van der Waals surface area contributed by atoms with Crippen LogP contribution in [0.5, 0.6) is 0 Å². The number of hydrogen-bond donors (Lipinski definition) is 2. The van der Waals surface area contributed by atoms with E-state index in [-0.39, 0.29) is 42.7 Å². The molecule has 1 aromatic heterocycles. The molecule has 0 radical (unpaired) electrons. The minimum absolute atomic E-state index is 0. The van der Waals surface area contributed by atoms with Crippen LogP contribution in [-0.2, 0) is 18.4 Å². The van der Waals surface area contributed by atoms with Crippen LogP contribution in [0.15, 0.2) is 24.3 Å². The van der Waals surface area contributed by atoms with Crippen LogP contribution >= 0.6 is 24.8 Å². The molecule has 24 heavy (non-hydrogen) atoms. The standard InChI is InChI=1S/C17H22N4O.2ClH/c1-21-13-5-3-2-4-12(13)20-14(21)9-19-17(22)15-10-6-7-11(8-10)16(15)18;;/h2-5,10-11,15-16H,6-9,18H2,1H3,(H,19,22);2*1H. The van der Waals surface area contributed by atoms with Crippen molar-refractivity contribution >= 4 is 41.8 Å². The Labute approximate surface area is 154 Å². The Morgan fingerprint density at radius 2 is 2.00 bits per heavy atom. The van der Waals surface area contributed by atoms with Crippen LogP contribution in [0.2, 0.25) is 0 Å². The number of nitrogens with one attached hydrogen (secondary N) is 1. The van der Waals surface area contributed by atoms with Gasteiger partial charge in [0.1, 0.15) is 5.82 Å². The normalized spacial score (nSPS) is 27.6. The number of nitrogens with two attached hydrogens (primary N) is 1. The topological polar surface area (TPSA) is 72.9 Å². The van der Waals surface area contributed by atoms with Crippen molar-refractivity contribution in [2.24, 2.45) is 30.5 Å². The fraction of sp³-hybridized carbons (Fsp3) is 0.529. The molecule has 4 atom stereocenters. The van der Waals surface area contributed by atoms with E-state index in [1.54, 1.807) is 0 Å². The molecule has 0 spiro atoms. The number of imidazole rings is 1. The average molecular weight is 371 g/mol. The Kier molecular flexibility index (Phi) is 5.78. The maximum absolute atomic E-state index is 12.5. The molecular weight excluding hydrogens is 347 g/mol. The first-order valence-corrected chi connectivity index (χ1v) is 8.09. The molecule has 2 saturated carbocycles. The predicted octanol–water partition coefficient (Wildman–Crippen LogP) is 2.41. The second-order valence-electron chi connectivity index (χ2n) is 6.73. The van der Waals surface area contributed by atoms with Crippen molar-refractivity contribution in [1.29, 1.82) is 0 Å². The SMILES string of the molecule is Cl.Cl.Cn1c(CNC(=O)C2C3CCC(C3)C2N)nc2ccccc21. The van der Waals surface area contributed by atoms with Gasteiger partial charge in [0.25, 0.3) is 0 Å². The lowest BCUT2D eigenvalue weighted by Gasteiger charge is -2.26. The minimum Gasteiger partial charge on any atom is -0.349 e. The van der Waals surface area contributed by atoms with E-state index in [0.29, 0.717) is 18.4 Å². The van der Waals surface area contributed by atoms with Gasteiger partial charge in [0, 0.05) is 13.1 Å². The van der Waals surface area contributed by atoms with Gasteiger partial charge in [0.15, 0.2) is 0 Å². The third kappa shape index (κ3) is 3.01. The van der Waals surface area contributed by atoms with E-state index in [4.69, 9.17) is 5.73 Å². The summed E-state index contributed by atoms with van der Waals surface area (Å²) in [5.41, 5.74) is 8.29. The van der Waals surface area contributed by atoms with E-state index in [0.717, 1.165) is 29.7 Å². The van der Waals surface area contributed by atoms with Crippen molar-refractivity contribution in [2.75, 3.05) is 0 Å². The molecule has 1 aromatic carbocycles. The smallest absolute Gasteiger partial charge is 0.225 e. The zero-order chi connectivity index (χ0) is 15.3. The van der Waals surface area contributed by atoms with Crippen LogP contribution in [0.25, 0.3) is 11.0 Å². The first kappa shape index (κ1) is 19.0. The summed E-state index contributed by atoms with van der Waals surface area (Å²) in [4.78, 5) is 17.1. The zero-order valence-corrected chi connectivity index (χ0v) is 15.3. The summed E-state index contributed by atoms with van der Waals surface area (Å²) < 4.78 is 2.04. The number of rotatable bonds is 3. The van der Waals surface area contributed by atoms with E-state index in [2.05, 4.69) is 10.3 Å². The van der Waals surface area contributed by atoms with Crippen molar-refractivity contribution in [1.82, 2.24) is 14.9 Å². The van der Waals surface area contributed by atoms with Crippen LogP contribution in [-0.4, -0.2) is 21.5 Å². The van der Waals surface area contributed by atoms with Crippen molar-refractivity contribution in [3.05, 3.63) is 30.1 Å². The van der Waals surface area contributed by atoms with E-state index in [9.17, 15) is 4.79 Å². The maximum atomic E-state index is 12.5. The maximum Gasteiger partial charge on any atom is 0.225 e. The Balaban J connectivity index is 0.00000104. The molecule has 2 bridgehead atoms. The lowest BCUT2D eigenvalue weighted by Crippen LogP contribution is -2.45. The summed E-state index contributed by atoms with van der Waals surface area (Å²) >= 11 is 0. The number of aromatic nitrogens is 2. The van der Waals surface area contributed by atoms with E-state index in [1.165, 1.54) is 6.42 Å². The lowest BCUT2D eigenvalue weighted by molar-refractivity contribution is -0.127. The molecule has 0 aliphatic heterocycles. The Hall–Kier alpha value is -1.30. The van der Waals surface area contributed by atoms with Crippen molar-refractivity contribution < 1.29 is 4.79 Å². The summed E-state index contributed by atoms with van der Waals surface area (Å²) in [5, 5.41) is 3.06. The monoisotopic (exact) mass is 370 g/mol. The minimum atomic E-state index is -0.00608. The largest absolute Gasteiger partial charge is 0.349 e. The fourth-order valence-electron chi connectivity index (χ4n) is 4.36. The van der Waals surface area contributed by atoms with Gasteiger partial charge >= 0.3 is 0 Å². The number of fused-ring (bicyclic) bond motifs is 3. The second kappa shape index (κ2) is 7.30. The quantitative estimate of drug-likeness (QED) is 0.870. The number of hydrogen-bond acceptors (Lipinski definition) is 3. The molecule has 4 rings (SSSR count). The zero-order valence-electron chi connectivity index (χ0n) is 13.6. The van der Waals surface area contributed by atoms with Crippen molar-refractivity contribution in [3.8, 4) is 0 Å². The summed E-state index contributed by atoms with van der Waals surface area (Å²) in [7, 11) is 1.99. The van der Waals surface area contributed by atoms with E-state index >= 15 is 0 Å². The van der Waals surface area contributed by atoms with Gasteiger partial charge < -0.3 is 15.6 Å². The first-order chi connectivity index (χ1) is 10.6. The molecule has 1 amide bonds. The molecule has 0 saturated heterocycles. The van der Waals surface area contributed by atoms with E-state index < -0.39 is 0 Å². The molecule has 2 aromatic rings. The molecule has 1 heterocycles. The number of amides is 1. The molecule has 2 aliphatic rings. The highest BCUT2D eigenvalue weighted by Crippen LogP contribution is 2.47. The molecule has 5 nitrogen and oxygen atoms in total. The van der Waals surface area contributed by atoms with Gasteiger partial charge in [0.2, 0.25) is 5.91 Å². The van der Waals surface area contributed by atoms with Crippen LogP contribution in [0.4, 0.5) is 0 Å². The second-order valence-corrected chi connectivity index (χ2v) is 6.73. The molecule has 2 fully saturated rings. The number of aryl methyl sites for hydroxylation is 1. The molecule has 7 heteroatoms. The van der Waals surface area contributed by atoms with Gasteiger partial charge in [0.05, 0.1) is 23.5 Å². The molecule has 132 valence electrons. The van der Waals surface area contributed by atoms with Gasteiger partial charge in [-0.05, 0) is 43.2 Å². The predicted molar refractivity (Wildman–Crippen MR) is 99.4 cm³/mol. The van der Waals surface area contributed by atoms with E-state index in [1.807, 2.05) is 35.9 Å². The highest BCUT2D eigenvalue weighted by Gasteiger charge is 2.48. The molecule has 2 aliphatic carbocycles. The van der Waals surface area contributed by atoms with Gasteiger partial charge in [-0.1, -0.05) is 12.1 Å². The summed E-state index contributed by atoms with van der Waals surface area (Å²) in [6, 6.07) is 8.05. The third-order valence-corrected chi connectivity index (χ3v) is 5.58. The van der Waals surface area contributed by atoms with Crippen LogP contribution in [0.3, 0.4) is 0 Å². The number of nitrogens with zero attached hydrogens (tertiary/aromatic N) is 2. The number of carbonyl (C=O) groups excluding carboxylic acids is 1. The highest BCUT2D eigenvalue weighted by atomic mass is 35.5. The third-order valence-electron chi connectivity index (χ3n) is 5.58. The average Bonchev–Trinajstić information content (AvgIpc) is 3.19. The molecule has 4 unspecified atom stereocenters. The Bertz CT molecular complexity index is 730. The van der Waals surface area contributed by atoms with Gasteiger partial charge in [-0.2, -0.15) is 0 Å². The number of halogens is 2. The summed E-state index contributed by atoms with van der Waals surface area (Å²) in [5.74, 6) is 2.02. The van der Waals surface area contributed by atoms with Gasteiger partial charge in [-0.15, -0.1) is 24.8 Å². The first-order valence-electron chi connectivity index (χ1n) is 8.09. The molecular formula is C17H24Cl2N4O. The Morgan fingerprint density at radius 3 is 2.67 bits per heavy atom. The number of benzene rings is 1. The summed E-state index contributed by atoms with van der Waals surface area (Å²) in [6.07, 6.45) is 3.48.